The molecule has 0 saturated carbocycles. The van der Waals surface area contributed by atoms with E-state index in [1.165, 1.54) is 12.0 Å². The van der Waals surface area contributed by atoms with Crippen LogP contribution in [0.25, 0.3) is 22.4 Å². The van der Waals surface area contributed by atoms with E-state index in [0.29, 0.717) is 24.5 Å². The summed E-state index contributed by atoms with van der Waals surface area (Å²) < 4.78 is 22.8. The lowest BCUT2D eigenvalue weighted by Crippen LogP contribution is -2.56. The Morgan fingerprint density at radius 3 is 2.59 bits per heavy atom. The molecule has 0 unspecified atom stereocenters. The molecule has 3 aliphatic rings. The van der Waals surface area contributed by atoms with Gasteiger partial charge in [0.1, 0.15) is 13.2 Å². The minimum Gasteiger partial charge on any atom is -0.486 e. The summed E-state index contributed by atoms with van der Waals surface area (Å²) in [6, 6.07) is 16.8. The van der Waals surface area contributed by atoms with Crippen molar-refractivity contribution in [2.45, 2.75) is 19.9 Å². The summed E-state index contributed by atoms with van der Waals surface area (Å²) in [6.07, 6.45) is 1.18. The van der Waals surface area contributed by atoms with E-state index < -0.39 is 0 Å². The molecule has 2 aromatic carbocycles. The van der Waals surface area contributed by atoms with E-state index in [2.05, 4.69) is 54.3 Å². The van der Waals surface area contributed by atoms with Gasteiger partial charge in [-0.05, 0) is 48.2 Å². The van der Waals surface area contributed by atoms with Gasteiger partial charge >= 0.3 is 0 Å². The van der Waals surface area contributed by atoms with E-state index in [-0.39, 0.29) is 0 Å². The Balaban J connectivity index is 1.26. The lowest BCUT2D eigenvalue weighted by atomic mass is 9.79. The maximum absolute atomic E-state index is 5.80. The van der Waals surface area contributed by atoms with E-state index in [4.69, 9.17) is 23.9 Å². The zero-order chi connectivity index (χ0) is 23.1. The average Bonchev–Trinajstić information content (AvgIpc) is 3.34. The first kappa shape index (κ1) is 21.4. The Morgan fingerprint density at radius 2 is 1.79 bits per heavy atom. The van der Waals surface area contributed by atoms with E-state index in [9.17, 15) is 0 Å². The molecule has 2 saturated heterocycles. The van der Waals surface area contributed by atoms with E-state index in [1.54, 1.807) is 7.11 Å². The second-order valence-electron chi connectivity index (χ2n) is 9.65. The molecular formula is C28H30N2O4. The zero-order valence-electron chi connectivity index (χ0n) is 19.8. The lowest BCUT2D eigenvalue weighted by molar-refractivity contribution is -0.0128. The number of nitrogens with zero attached hydrogens (tertiary/aromatic N) is 2. The molecule has 6 heteroatoms. The summed E-state index contributed by atoms with van der Waals surface area (Å²) in [7, 11) is 1.70. The second-order valence-corrected chi connectivity index (χ2v) is 9.65. The van der Waals surface area contributed by atoms with Crippen molar-refractivity contribution in [2.75, 3.05) is 46.6 Å². The first-order valence-corrected chi connectivity index (χ1v) is 12.0. The summed E-state index contributed by atoms with van der Waals surface area (Å²) in [5.41, 5.74) is 6.96. The molecule has 1 spiro atoms. The van der Waals surface area contributed by atoms with Crippen molar-refractivity contribution in [3.8, 4) is 39.8 Å². The number of pyridine rings is 1. The summed E-state index contributed by atoms with van der Waals surface area (Å²) in [6.45, 7) is 8.16. The monoisotopic (exact) mass is 458 g/mol. The van der Waals surface area contributed by atoms with Gasteiger partial charge in [0, 0.05) is 42.8 Å². The van der Waals surface area contributed by atoms with Crippen LogP contribution in [0.4, 0.5) is 0 Å². The fraction of sp³-hybridized carbons (Fsp3) is 0.393. The molecule has 3 aromatic rings. The van der Waals surface area contributed by atoms with Crippen LogP contribution in [0.5, 0.6) is 17.4 Å². The molecule has 176 valence electrons. The van der Waals surface area contributed by atoms with Gasteiger partial charge < -0.3 is 18.9 Å². The number of aromatic nitrogens is 1. The van der Waals surface area contributed by atoms with Gasteiger partial charge in [-0.2, -0.15) is 0 Å². The summed E-state index contributed by atoms with van der Waals surface area (Å²) in [5.74, 6) is 2.30. The average molecular weight is 459 g/mol. The molecule has 6 nitrogen and oxygen atoms in total. The highest BCUT2D eigenvalue weighted by Gasteiger charge is 2.45. The van der Waals surface area contributed by atoms with Crippen LogP contribution in [-0.2, 0) is 11.3 Å². The molecule has 0 radical (unpaired) electrons. The Bertz CT molecular complexity index is 1210. The van der Waals surface area contributed by atoms with Crippen molar-refractivity contribution in [3.63, 3.8) is 0 Å². The lowest BCUT2D eigenvalue weighted by Gasteiger charge is -2.47. The third-order valence-corrected chi connectivity index (χ3v) is 7.29. The Labute approximate surface area is 200 Å². The highest BCUT2D eigenvalue weighted by atomic mass is 16.6. The highest BCUT2D eigenvalue weighted by Crippen LogP contribution is 2.40. The number of benzene rings is 2. The molecule has 0 atom stereocenters. The third-order valence-electron chi connectivity index (χ3n) is 7.29. The standard InChI is InChI=1S/C28H30N2O4/c1-19-22(20-7-9-25-26(14-20)34-13-12-33-25)4-3-5-23(19)24-8-6-21(27(29-24)31-2)15-30-16-28(17-30)10-11-32-18-28/h3-9,14H,10-13,15-18H2,1-2H3. The van der Waals surface area contributed by atoms with E-state index in [1.807, 2.05) is 6.07 Å². The van der Waals surface area contributed by atoms with Crippen LogP contribution in [0.15, 0.2) is 48.5 Å². The molecule has 3 aliphatic heterocycles. The Hall–Kier alpha value is -3.09. The van der Waals surface area contributed by atoms with Gasteiger partial charge in [-0.15, -0.1) is 0 Å². The smallest absolute Gasteiger partial charge is 0.218 e. The van der Waals surface area contributed by atoms with Gasteiger partial charge in [0.15, 0.2) is 11.5 Å². The van der Waals surface area contributed by atoms with Crippen LogP contribution in [0.2, 0.25) is 0 Å². The van der Waals surface area contributed by atoms with Crippen molar-refractivity contribution in [2.24, 2.45) is 5.41 Å². The molecule has 0 amide bonds. The normalized spacial score (nSPS) is 18.6. The molecule has 0 N–H and O–H groups in total. The number of likely N-dealkylation sites (tertiary alicyclic amines) is 1. The van der Waals surface area contributed by atoms with Crippen LogP contribution in [0.3, 0.4) is 0 Å². The van der Waals surface area contributed by atoms with Gasteiger partial charge in [-0.1, -0.05) is 30.3 Å². The van der Waals surface area contributed by atoms with Crippen LogP contribution < -0.4 is 14.2 Å². The topological polar surface area (TPSA) is 53.0 Å². The van der Waals surface area contributed by atoms with Gasteiger partial charge in [0.2, 0.25) is 5.88 Å². The number of methoxy groups -OCH3 is 1. The minimum absolute atomic E-state index is 0.381. The fourth-order valence-corrected chi connectivity index (χ4v) is 5.51. The summed E-state index contributed by atoms with van der Waals surface area (Å²) in [4.78, 5) is 7.37. The first-order valence-electron chi connectivity index (χ1n) is 12.0. The van der Waals surface area contributed by atoms with Crippen molar-refractivity contribution in [1.82, 2.24) is 9.88 Å². The quantitative estimate of drug-likeness (QED) is 0.551. The maximum Gasteiger partial charge on any atom is 0.218 e. The number of hydrogen-bond donors (Lipinski definition) is 0. The predicted octanol–water partition coefficient (Wildman–Crippen LogP) is 4.73. The summed E-state index contributed by atoms with van der Waals surface area (Å²) >= 11 is 0. The van der Waals surface area contributed by atoms with Crippen LogP contribution in [0.1, 0.15) is 17.5 Å². The summed E-state index contributed by atoms with van der Waals surface area (Å²) in [5, 5.41) is 0. The highest BCUT2D eigenvalue weighted by molar-refractivity contribution is 5.78. The third kappa shape index (κ3) is 3.81. The molecule has 2 fully saturated rings. The van der Waals surface area contributed by atoms with Crippen LogP contribution >= 0.6 is 0 Å². The number of hydrogen-bond acceptors (Lipinski definition) is 6. The molecule has 4 heterocycles. The van der Waals surface area contributed by atoms with Crippen LogP contribution in [0, 0.1) is 12.3 Å². The number of fused-ring (bicyclic) bond motifs is 1. The molecule has 1 aromatic heterocycles. The maximum atomic E-state index is 5.80. The SMILES string of the molecule is COc1nc(-c2cccc(-c3ccc4c(c3)OCCO4)c2C)ccc1CN1CC2(CCOC2)C1. The van der Waals surface area contributed by atoms with Gasteiger partial charge in [-0.25, -0.2) is 4.98 Å². The van der Waals surface area contributed by atoms with Crippen molar-refractivity contribution in [1.29, 1.82) is 0 Å². The van der Waals surface area contributed by atoms with Crippen molar-refractivity contribution < 1.29 is 18.9 Å². The van der Waals surface area contributed by atoms with Crippen molar-refractivity contribution in [3.05, 3.63) is 59.7 Å². The van der Waals surface area contributed by atoms with Gasteiger partial charge in [0.05, 0.1) is 19.4 Å². The molecule has 6 rings (SSSR count). The molecular weight excluding hydrogens is 428 g/mol. The molecule has 0 aliphatic carbocycles. The predicted molar refractivity (Wildman–Crippen MR) is 131 cm³/mol. The van der Waals surface area contributed by atoms with Crippen molar-refractivity contribution >= 4 is 0 Å². The van der Waals surface area contributed by atoms with E-state index in [0.717, 1.165) is 72.3 Å². The van der Waals surface area contributed by atoms with Crippen LogP contribution in [-0.4, -0.2) is 56.5 Å². The first-order chi connectivity index (χ1) is 16.6. The molecule has 0 bridgehead atoms. The van der Waals surface area contributed by atoms with Gasteiger partial charge in [-0.3, -0.25) is 4.90 Å². The number of ether oxygens (including phenoxy) is 4. The number of rotatable bonds is 5. The second kappa shape index (κ2) is 8.60. The largest absolute Gasteiger partial charge is 0.486 e. The Morgan fingerprint density at radius 1 is 0.971 bits per heavy atom. The molecule has 34 heavy (non-hydrogen) atoms. The van der Waals surface area contributed by atoms with E-state index >= 15 is 0 Å². The fourth-order valence-electron chi connectivity index (χ4n) is 5.51. The zero-order valence-corrected chi connectivity index (χ0v) is 19.8. The van der Waals surface area contributed by atoms with Gasteiger partial charge in [0.25, 0.3) is 0 Å². The minimum atomic E-state index is 0.381. The Kier molecular flexibility index (Phi) is 5.42.